The Kier molecular flexibility index (Phi) is 5.43. The highest BCUT2D eigenvalue weighted by Gasteiger charge is 2.25. The van der Waals surface area contributed by atoms with Gasteiger partial charge in [0.05, 0.1) is 11.9 Å². The lowest BCUT2D eigenvalue weighted by atomic mass is 9.92. The van der Waals surface area contributed by atoms with E-state index in [4.69, 9.17) is 5.73 Å². The van der Waals surface area contributed by atoms with Crippen molar-refractivity contribution < 1.29 is 0 Å². The summed E-state index contributed by atoms with van der Waals surface area (Å²) in [7, 11) is 0. The van der Waals surface area contributed by atoms with Gasteiger partial charge in [-0.15, -0.1) is 0 Å². The van der Waals surface area contributed by atoms with E-state index in [0.29, 0.717) is 22.9 Å². The molecule has 1 aromatic heterocycles. The van der Waals surface area contributed by atoms with E-state index in [-0.39, 0.29) is 11.6 Å². The minimum absolute atomic E-state index is 0.0517. The number of nitrogens with zero attached hydrogens (tertiary/aromatic N) is 3. The standard InChI is InChI=1S/C15H25BrN4O/c1-10(2)8-20-15(21)14(16)13(7-18-20)19-6-4-5-12(9-19)11(3)17/h7,10-12H,4-6,8-9,17H2,1-3H3. The fourth-order valence-corrected chi connectivity index (χ4v) is 3.37. The van der Waals surface area contributed by atoms with E-state index in [0.717, 1.165) is 31.6 Å². The van der Waals surface area contributed by atoms with Gasteiger partial charge in [0, 0.05) is 25.7 Å². The number of aromatic nitrogens is 2. The first-order valence-corrected chi connectivity index (χ1v) is 8.45. The zero-order valence-electron chi connectivity index (χ0n) is 13.1. The topological polar surface area (TPSA) is 64.2 Å². The molecule has 2 N–H and O–H groups in total. The third-order valence-electron chi connectivity index (χ3n) is 4.05. The minimum Gasteiger partial charge on any atom is -0.369 e. The molecule has 21 heavy (non-hydrogen) atoms. The molecule has 1 aliphatic rings. The molecule has 1 aliphatic heterocycles. The average molecular weight is 357 g/mol. The van der Waals surface area contributed by atoms with Crippen LogP contribution in [0.25, 0.3) is 0 Å². The van der Waals surface area contributed by atoms with Crippen LogP contribution in [-0.4, -0.2) is 28.9 Å². The first kappa shape index (κ1) is 16.5. The highest BCUT2D eigenvalue weighted by atomic mass is 79.9. The van der Waals surface area contributed by atoms with Gasteiger partial charge in [0.1, 0.15) is 4.47 Å². The van der Waals surface area contributed by atoms with Crippen LogP contribution in [0.3, 0.4) is 0 Å². The van der Waals surface area contributed by atoms with Crippen LogP contribution in [0.15, 0.2) is 15.5 Å². The molecule has 1 fully saturated rings. The Balaban J connectivity index is 2.24. The summed E-state index contributed by atoms with van der Waals surface area (Å²) >= 11 is 3.47. The molecule has 2 rings (SSSR count). The van der Waals surface area contributed by atoms with Gasteiger partial charge in [-0.3, -0.25) is 4.79 Å². The molecule has 118 valence electrons. The second kappa shape index (κ2) is 6.92. The predicted octanol–water partition coefficient (Wildman–Crippen LogP) is 2.23. The Morgan fingerprint density at radius 1 is 1.48 bits per heavy atom. The maximum Gasteiger partial charge on any atom is 0.283 e. The molecule has 6 heteroatoms. The van der Waals surface area contributed by atoms with E-state index in [1.807, 2.05) is 0 Å². The number of piperidine rings is 1. The maximum absolute atomic E-state index is 12.4. The molecular formula is C15H25BrN4O. The number of rotatable bonds is 4. The van der Waals surface area contributed by atoms with Gasteiger partial charge in [0.15, 0.2) is 0 Å². The molecule has 0 amide bonds. The number of hydrogen-bond acceptors (Lipinski definition) is 4. The summed E-state index contributed by atoms with van der Waals surface area (Å²) in [6, 6.07) is 0.181. The SMILES string of the molecule is CC(C)Cn1ncc(N2CCCC(C(C)N)C2)c(Br)c1=O. The predicted molar refractivity (Wildman–Crippen MR) is 89.6 cm³/mol. The molecule has 0 aromatic carbocycles. The summed E-state index contributed by atoms with van der Waals surface area (Å²) in [6.07, 6.45) is 4.06. The van der Waals surface area contributed by atoms with Gasteiger partial charge >= 0.3 is 0 Å². The Morgan fingerprint density at radius 3 is 2.81 bits per heavy atom. The van der Waals surface area contributed by atoms with Crippen molar-refractivity contribution in [3.05, 3.63) is 21.0 Å². The van der Waals surface area contributed by atoms with Crippen LogP contribution in [0.4, 0.5) is 5.69 Å². The lowest BCUT2D eigenvalue weighted by Gasteiger charge is -2.36. The Morgan fingerprint density at radius 2 is 2.19 bits per heavy atom. The van der Waals surface area contributed by atoms with Crippen LogP contribution in [0.1, 0.15) is 33.6 Å². The fraction of sp³-hybridized carbons (Fsp3) is 0.733. The molecule has 5 nitrogen and oxygen atoms in total. The summed E-state index contributed by atoms with van der Waals surface area (Å²) < 4.78 is 2.15. The monoisotopic (exact) mass is 356 g/mol. The molecule has 1 aromatic rings. The van der Waals surface area contributed by atoms with Gasteiger partial charge in [-0.2, -0.15) is 5.10 Å². The second-order valence-corrected chi connectivity index (χ2v) is 7.23. The molecule has 0 radical (unpaired) electrons. The van der Waals surface area contributed by atoms with E-state index >= 15 is 0 Å². The molecule has 0 spiro atoms. The second-order valence-electron chi connectivity index (χ2n) is 6.43. The Labute approximate surface area is 134 Å². The van der Waals surface area contributed by atoms with Crippen LogP contribution in [0.5, 0.6) is 0 Å². The smallest absolute Gasteiger partial charge is 0.283 e. The molecule has 2 heterocycles. The van der Waals surface area contributed by atoms with Crippen LogP contribution in [0.2, 0.25) is 0 Å². The normalized spacial score (nSPS) is 20.9. The van der Waals surface area contributed by atoms with Gasteiger partial charge in [0.2, 0.25) is 0 Å². The van der Waals surface area contributed by atoms with Crippen molar-refractivity contribution in [1.82, 2.24) is 9.78 Å². The molecule has 0 saturated carbocycles. The zero-order chi connectivity index (χ0) is 15.6. The van der Waals surface area contributed by atoms with Gasteiger partial charge in [-0.25, -0.2) is 4.68 Å². The molecule has 2 atom stereocenters. The van der Waals surface area contributed by atoms with Crippen molar-refractivity contribution in [2.45, 2.75) is 46.2 Å². The molecule has 2 unspecified atom stereocenters. The summed E-state index contributed by atoms with van der Waals surface area (Å²) in [4.78, 5) is 14.6. The van der Waals surface area contributed by atoms with Gasteiger partial charge < -0.3 is 10.6 Å². The molecular weight excluding hydrogens is 332 g/mol. The third-order valence-corrected chi connectivity index (χ3v) is 4.79. The summed E-state index contributed by atoms with van der Waals surface area (Å²) in [5, 5.41) is 4.33. The summed E-state index contributed by atoms with van der Waals surface area (Å²) in [5.74, 6) is 0.870. The first-order chi connectivity index (χ1) is 9.90. The van der Waals surface area contributed by atoms with Crippen LogP contribution in [-0.2, 0) is 6.54 Å². The third kappa shape index (κ3) is 3.86. The van der Waals surface area contributed by atoms with Crippen LogP contribution < -0.4 is 16.2 Å². The zero-order valence-corrected chi connectivity index (χ0v) is 14.6. The van der Waals surface area contributed by atoms with E-state index in [1.165, 1.54) is 4.68 Å². The average Bonchev–Trinajstić information content (AvgIpc) is 2.44. The number of hydrogen-bond donors (Lipinski definition) is 1. The lowest BCUT2D eigenvalue weighted by Crippen LogP contribution is -2.43. The van der Waals surface area contributed by atoms with Gasteiger partial charge in [-0.1, -0.05) is 13.8 Å². The van der Waals surface area contributed by atoms with E-state index in [2.05, 4.69) is 46.7 Å². The molecule has 1 saturated heterocycles. The molecule has 0 aliphatic carbocycles. The van der Waals surface area contributed by atoms with Crippen LogP contribution >= 0.6 is 15.9 Å². The molecule has 0 bridgehead atoms. The van der Waals surface area contributed by atoms with Crippen molar-refractivity contribution in [1.29, 1.82) is 0 Å². The highest BCUT2D eigenvalue weighted by Crippen LogP contribution is 2.28. The maximum atomic E-state index is 12.4. The highest BCUT2D eigenvalue weighted by molar-refractivity contribution is 9.10. The first-order valence-electron chi connectivity index (χ1n) is 7.66. The fourth-order valence-electron chi connectivity index (χ4n) is 2.81. The van der Waals surface area contributed by atoms with Crippen molar-refractivity contribution in [2.75, 3.05) is 18.0 Å². The van der Waals surface area contributed by atoms with Crippen molar-refractivity contribution in [3.8, 4) is 0 Å². The lowest BCUT2D eigenvalue weighted by molar-refractivity contribution is 0.363. The Hall–Kier alpha value is -0.880. The van der Waals surface area contributed by atoms with Gasteiger partial charge in [-0.05, 0) is 47.5 Å². The largest absolute Gasteiger partial charge is 0.369 e. The quantitative estimate of drug-likeness (QED) is 0.898. The van der Waals surface area contributed by atoms with E-state index in [9.17, 15) is 4.79 Å². The van der Waals surface area contributed by atoms with Crippen LogP contribution in [0, 0.1) is 11.8 Å². The Bertz CT molecular complexity index is 541. The van der Waals surface area contributed by atoms with E-state index in [1.54, 1.807) is 6.20 Å². The van der Waals surface area contributed by atoms with E-state index < -0.39 is 0 Å². The number of halogens is 1. The van der Waals surface area contributed by atoms with Gasteiger partial charge in [0.25, 0.3) is 5.56 Å². The van der Waals surface area contributed by atoms with Crippen molar-refractivity contribution in [3.63, 3.8) is 0 Å². The minimum atomic E-state index is -0.0517. The van der Waals surface area contributed by atoms with Crippen molar-refractivity contribution >= 4 is 21.6 Å². The summed E-state index contributed by atoms with van der Waals surface area (Å²) in [5.41, 5.74) is 6.88. The number of anilines is 1. The van der Waals surface area contributed by atoms with Crippen molar-refractivity contribution in [2.24, 2.45) is 17.6 Å². The summed E-state index contributed by atoms with van der Waals surface area (Å²) in [6.45, 7) is 8.70. The number of nitrogens with two attached hydrogens (primary N) is 1.